The Morgan fingerprint density at radius 2 is 1.92 bits per heavy atom. The minimum absolute atomic E-state index is 0. The minimum atomic E-state index is 0. The average Bonchev–Trinajstić information content (AvgIpc) is 2.53. The summed E-state index contributed by atoms with van der Waals surface area (Å²) in [4.78, 5) is 18.6. The van der Waals surface area contributed by atoms with Gasteiger partial charge in [0, 0.05) is 58.9 Å². The summed E-state index contributed by atoms with van der Waals surface area (Å²) in [5.41, 5.74) is 0. The van der Waals surface area contributed by atoms with Gasteiger partial charge in [0.1, 0.15) is 0 Å². The molecular formula is C18H38IN5O2. The second-order valence-corrected chi connectivity index (χ2v) is 6.61. The molecule has 8 heteroatoms. The lowest BCUT2D eigenvalue weighted by Crippen LogP contribution is -2.41. The molecule has 0 aliphatic heterocycles. The Kier molecular flexibility index (Phi) is 16.2. The number of ether oxygens (including phenoxy) is 1. The van der Waals surface area contributed by atoms with E-state index in [1.165, 1.54) is 6.42 Å². The molecule has 7 nitrogen and oxygen atoms in total. The van der Waals surface area contributed by atoms with Gasteiger partial charge in [0.2, 0.25) is 5.91 Å². The number of carbonyl (C=O) groups excluding carboxylic acids is 1. The second-order valence-electron chi connectivity index (χ2n) is 6.61. The van der Waals surface area contributed by atoms with Gasteiger partial charge >= 0.3 is 0 Å². The van der Waals surface area contributed by atoms with Crippen molar-refractivity contribution >= 4 is 35.8 Å². The van der Waals surface area contributed by atoms with Crippen LogP contribution in [0.1, 0.15) is 39.0 Å². The van der Waals surface area contributed by atoms with Gasteiger partial charge in [-0.1, -0.05) is 6.42 Å². The van der Waals surface area contributed by atoms with E-state index in [0.717, 1.165) is 64.4 Å². The van der Waals surface area contributed by atoms with E-state index in [9.17, 15) is 4.79 Å². The van der Waals surface area contributed by atoms with Gasteiger partial charge < -0.3 is 25.6 Å². The van der Waals surface area contributed by atoms with Crippen LogP contribution in [0, 0.1) is 5.92 Å². The molecule has 1 rings (SSSR count). The monoisotopic (exact) mass is 483 g/mol. The van der Waals surface area contributed by atoms with Gasteiger partial charge in [0.25, 0.3) is 0 Å². The number of nitrogens with zero attached hydrogens (tertiary/aromatic N) is 2. The summed E-state index contributed by atoms with van der Waals surface area (Å²) in [6.45, 7) is 7.98. The highest BCUT2D eigenvalue weighted by Crippen LogP contribution is 2.25. The van der Waals surface area contributed by atoms with Crippen LogP contribution in [0.25, 0.3) is 0 Å². The molecule has 154 valence electrons. The van der Waals surface area contributed by atoms with E-state index in [1.54, 1.807) is 7.11 Å². The molecule has 0 bridgehead atoms. The number of likely N-dealkylation sites (N-methyl/N-ethyl adjacent to an activating group) is 1. The van der Waals surface area contributed by atoms with Crippen molar-refractivity contribution in [1.82, 2.24) is 20.9 Å². The molecular weight excluding hydrogens is 445 g/mol. The SMILES string of the molecule is CCNC(=NCCCNC(=O)C1CCC1)NCCN(C)CCCOC.I. The highest BCUT2D eigenvalue weighted by Gasteiger charge is 2.24. The predicted molar refractivity (Wildman–Crippen MR) is 118 cm³/mol. The van der Waals surface area contributed by atoms with Crippen molar-refractivity contribution in [3.63, 3.8) is 0 Å². The van der Waals surface area contributed by atoms with E-state index in [0.29, 0.717) is 13.1 Å². The fourth-order valence-electron chi connectivity index (χ4n) is 2.59. The molecule has 0 spiro atoms. The highest BCUT2D eigenvalue weighted by molar-refractivity contribution is 14.0. The van der Waals surface area contributed by atoms with E-state index < -0.39 is 0 Å². The first-order valence-electron chi connectivity index (χ1n) is 9.64. The van der Waals surface area contributed by atoms with Crippen LogP contribution in [0.15, 0.2) is 4.99 Å². The number of hydrogen-bond acceptors (Lipinski definition) is 4. The van der Waals surface area contributed by atoms with E-state index in [-0.39, 0.29) is 35.8 Å². The number of aliphatic imine (C=N–C) groups is 1. The standard InChI is InChI=1S/C18H37N5O2.HI/c1-4-19-18(22-12-14-23(2)13-7-15-25-3)21-11-6-10-20-17(24)16-8-5-9-16;/h16H,4-15H2,1-3H3,(H,20,24)(H2,19,21,22);1H. The topological polar surface area (TPSA) is 78.0 Å². The molecule has 0 aromatic carbocycles. The molecule has 0 radical (unpaired) electrons. The number of carbonyl (C=O) groups is 1. The van der Waals surface area contributed by atoms with Crippen LogP contribution in [0.2, 0.25) is 0 Å². The molecule has 0 aromatic heterocycles. The van der Waals surface area contributed by atoms with Crippen LogP contribution in [0.4, 0.5) is 0 Å². The Bertz CT molecular complexity index is 392. The normalized spacial score (nSPS) is 14.5. The Balaban J connectivity index is 0.00000625. The number of rotatable bonds is 13. The summed E-state index contributed by atoms with van der Waals surface area (Å²) in [7, 11) is 3.85. The van der Waals surface area contributed by atoms with Crippen LogP contribution < -0.4 is 16.0 Å². The first-order valence-corrected chi connectivity index (χ1v) is 9.64. The maximum Gasteiger partial charge on any atom is 0.223 e. The molecule has 1 amide bonds. The zero-order chi connectivity index (χ0) is 18.3. The van der Waals surface area contributed by atoms with Crippen LogP contribution >= 0.6 is 24.0 Å². The number of halogens is 1. The molecule has 1 fully saturated rings. The van der Waals surface area contributed by atoms with Gasteiger partial charge in [-0.3, -0.25) is 9.79 Å². The lowest BCUT2D eigenvalue weighted by molar-refractivity contribution is -0.127. The minimum Gasteiger partial charge on any atom is -0.385 e. The Labute approximate surface area is 176 Å². The first kappa shape index (κ1) is 25.4. The molecule has 0 aromatic rings. The third-order valence-corrected chi connectivity index (χ3v) is 4.40. The second kappa shape index (κ2) is 16.6. The Morgan fingerprint density at radius 1 is 1.15 bits per heavy atom. The fourth-order valence-corrected chi connectivity index (χ4v) is 2.59. The Morgan fingerprint density at radius 3 is 2.54 bits per heavy atom. The number of hydrogen-bond donors (Lipinski definition) is 3. The Hall–Kier alpha value is -0.610. The number of nitrogens with one attached hydrogen (secondary N) is 3. The van der Waals surface area contributed by atoms with Crippen LogP contribution in [-0.2, 0) is 9.53 Å². The van der Waals surface area contributed by atoms with Crippen molar-refractivity contribution < 1.29 is 9.53 Å². The maximum atomic E-state index is 11.7. The van der Waals surface area contributed by atoms with Crippen LogP contribution in [-0.4, -0.2) is 76.8 Å². The van der Waals surface area contributed by atoms with Crippen molar-refractivity contribution in [2.75, 3.05) is 60.0 Å². The molecule has 0 saturated heterocycles. The fraction of sp³-hybridized carbons (Fsp3) is 0.889. The molecule has 3 N–H and O–H groups in total. The van der Waals surface area contributed by atoms with Gasteiger partial charge in [-0.25, -0.2) is 0 Å². The molecule has 1 aliphatic rings. The zero-order valence-corrected chi connectivity index (χ0v) is 19.0. The van der Waals surface area contributed by atoms with E-state index in [2.05, 4.69) is 39.8 Å². The number of methoxy groups -OCH3 is 1. The summed E-state index contributed by atoms with van der Waals surface area (Å²) in [6.07, 6.45) is 5.22. The summed E-state index contributed by atoms with van der Waals surface area (Å²) in [5.74, 6) is 1.33. The highest BCUT2D eigenvalue weighted by atomic mass is 127. The number of guanidine groups is 1. The largest absolute Gasteiger partial charge is 0.385 e. The average molecular weight is 483 g/mol. The smallest absolute Gasteiger partial charge is 0.223 e. The van der Waals surface area contributed by atoms with Crippen molar-refractivity contribution in [3.8, 4) is 0 Å². The first-order chi connectivity index (χ1) is 12.2. The van der Waals surface area contributed by atoms with Crippen molar-refractivity contribution in [2.45, 2.75) is 39.0 Å². The van der Waals surface area contributed by atoms with Crippen molar-refractivity contribution in [3.05, 3.63) is 0 Å². The molecule has 1 aliphatic carbocycles. The summed E-state index contributed by atoms with van der Waals surface area (Å²) in [5, 5.41) is 9.62. The molecule has 26 heavy (non-hydrogen) atoms. The van der Waals surface area contributed by atoms with E-state index >= 15 is 0 Å². The van der Waals surface area contributed by atoms with E-state index in [1.807, 2.05) is 0 Å². The number of amides is 1. The van der Waals surface area contributed by atoms with Gasteiger partial charge in [0.05, 0.1) is 0 Å². The third kappa shape index (κ3) is 11.9. The zero-order valence-electron chi connectivity index (χ0n) is 16.7. The van der Waals surface area contributed by atoms with Crippen molar-refractivity contribution in [1.29, 1.82) is 0 Å². The summed E-state index contributed by atoms with van der Waals surface area (Å²) in [6, 6.07) is 0. The molecule has 0 heterocycles. The summed E-state index contributed by atoms with van der Waals surface area (Å²) < 4.78 is 5.07. The molecule has 0 atom stereocenters. The van der Waals surface area contributed by atoms with Crippen LogP contribution in [0.3, 0.4) is 0 Å². The van der Waals surface area contributed by atoms with Gasteiger partial charge in [-0.05, 0) is 39.7 Å². The van der Waals surface area contributed by atoms with Gasteiger partial charge in [-0.2, -0.15) is 0 Å². The lowest BCUT2D eigenvalue weighted by Gasteiger charge is -2.23. The third-order valence-electron chi connectivity index (χ3n) is 4.40. The van der Waals surface area contributed by atoms with Crippen LogP contribution in [0.5, 0.6) is 0 Å². The lowest BCUT2D eigenvalue weighted by atomic mass is 9.85. The maximum absolute atomic E-state index is 11.7. The van der Waals surface area contributed by atoms with Crippen molar-refractivity contribution in [2.24, 2.45) is 10.9 Å². The van der Waals surface area contributed by atoms with E-state index in [4.69, 9.17) is 4.74 Å². The predicted octanol–water partition coefficient (Wildman–Crippen LogP) is 1.43. The quantitative estimate of drug-likeness (QED) is 0.160. The summed E-state index contributed by atoms with van der Waals surface area (Å²) >= 11 is 0. The van der Waals surface area contributed by atoms with Gasteiger partial charge in [0.15, 0.2) is 5.96 Å². The van der Waals surface area contributed by atoms with Gasteiger partial charge in [-0.15, -0.1) is 24.0 Å². The molecule has 0 unspecified atom stereocenters. The molecule has 1 saturated carbocycles.